The zero-order valence-corrected chi connectivity index (χ0v) is 10.2. The van der Waals surface area contributed by atoms with Crippen molar-refractivity contribution in [2.45, 2.75) is 58.0 Å². The molecule has 1 saturated heterocycles. The first-order chi connectivity index (χ1) is 7.56. The molecule has 0 spiro atoms. The number of piperidine rings is 1. The van der Waals surface area contributed by atoms with Crippen LogP contribution in [0.5, 0.6) is 0 Å². The first kappa shape index (κ1) is 13.2. The lowest BCUT2D eigenvalue weighted by atomic mass is 9.95. The number of primary amides is 1. The summed E-state index contributed by atoms with van der Waals surface area (Å²) in [6.45, 7) is 4.46. The van der Waals surface area contributed by atoms with Crippen molar-refractivity contribution in [2.24, 2.45) is 5.73 Å². The molecule has 16 heavy (non-hydrogen) atoms. The van der Waals surface area contributed by atoms with E-state index in [1.54, 1.807) is 6.92 Å². The van der Waals surface area contributed by atoms with Crippen LogP contribution in [-0.2, 0) is 9.59 Å². The molecule has 2 unspecified atom stereocenters. The highest BCUT2D eigenvalue weighted by Crippen LogP contribution is 2.23. The number of Topliss-reactive ketones (excluding diaryl/α,β-unsaturated/α-hetero) is 1. The van der Waals surface area contributed by atoms with Gasteiger partial charge in [0.2, 0.25) is 5.91 Å². The van der Waals surface area contributed by atoms with E-state index in [9.17, 15) is 9.59 Å². The molecule has 0 saturated carbocycles. The van der Waals surface area contributed by atoms with E-state index < -0.39 is 0 Å². The lowest BCUT2D eigenvalue weighted by molar-refractivity contribution is -0.127. The van der Waals surface area contributed by atoms with Crippen LogP contribution in [0.15, 0.2) is 0 Å². The van der Waals surface area contributed by atoms with Crippen LogP contribution in [0.4, 0.5) is 0 Å². The topological polar surface area (TPSA) is 63.4 Å². The number of carbonyl (C=O) groups excluding carboxylic acids is 2. The molecular weight excluding hydrogens is 204 g/mol. The number of ketones is 1. The molecule has 1 aliphatic heterocycles. The summed E-state index contributed by atoms with van der Waals surface area (Å²) in [5.41, 5.74) is 5.41. The molecule has 2 atom stereocenters. The van der Waals surface area contributed by atoms with Gasteiger partial charge < -0.3 is 5.73 Å². The standard InChI is InChI=1S/C12H22N2O2/c1-3-11(12(13)16)14-7-5-4-6-10(14)8-9(2)15/h10-11H,3-8H2,1-2H3,(H2,13,16). The van der Waals surface area contributed by atoms with E-state index in [0.29, 0.717) is 6.42 Å². The second-order valence-electron chi connectivity index (χ2n) is 4.62. The number of nitrogens with zero attached hydrogens (tertiary/aromatic N) is 1. The zero-order chi connectivity index (χ0) is 12.1. The van der Waals surface area contributed by atoms with Gasteiger partial charge in [0.15, 0.2) is 0 Å². The normalized spacial score (nSPS) is 24.0. The Hall–Kier alpha value is -0.900. The summed E-state index contributed by atoms with van der Waals surface area (Å²) in [4.78, 5) is 24.7. The van der Waals surface area contributed by atoms with Gasteiger partial charge in [-0.1, -0.05) is 13.3 Å². The fourth-order valence-electron chi connectivity index (χ4n) is 2.58. The van der Waals surface area contributed by atoms with Crippen molar-refractivity contribution in [3.63, 3.8) is 0 Å². The molecule has 1 rings (SSSR count). The van der Waals surface area contributed by atoms with Gasteiger partial charge in [0.25, 0.3) is 0 Å². The molecule has 1 amide bonds. The minimum atomic E-state index is -0.266. The number of hydrogen-bond acceptors (Lipinski definition) is 3. The molecule has 2 N–H and O–H groups in total. The Morgan fingerprint density at radius 3 is 2.62 bits per heavy atom. The van der Waals surface area contributed by atoms with Gasteiger partial charge in [-0.05, 0) is 32.7 Å². The maximum atomic E-state index is 11.4. The van der Waals surface area contributed by atoms with Crippen molar-refractivity contribution >= 4 is 11.7 Å². The Kier molecular flexibility index (Phi) is 4.93. The van der Waals surface area contributed by atoms with Crippen LogP contribution in [0.3, 0.4) is 0 Å². The number of nitrogens with two attached hydrogens (primary N) is 1. The van der Waals surface area contributed by atoms with E-state index >= 15 is 0 Å². The largest absolute Gasteiger partial charge is 0.368 e. The Labute approximate surface area is 97.2 Å². The molecular formula is C12H22N2O2. The highest BCUT2D eigenvalue weighted by Gasteiger charge is 2.31. The van der Waals surface area contributed by atoms with Gasteiger partial charge >= 0.3 is 0 Å². The minimum absolute atomic E-state index is 0.191. The fourth-order valence-corrected chi connectivity index (χ4v) is 2.58. The summed E-state index contributed by atoms with van der Waals surface area (Å²) < 4.78 is 0. The molecule has 0 aromatic rings. The van der Waals surface area contributed by atoms with Crippen LogP contribution in [0.1, 0.15) is 46.0 Å². The van der Waals surface area contributed by atoms with E-state index in [-0.39, 0.29) is 23.8 Å². The van der Waals surface area contributed by atoms with Crippen LogP contribution < -0.4 is 5.73 Å². The van der Waals surface area contributed by atoms with E-state index in [2.05, 4.69) is 4.90 Å². The summed E-state index contributed by atoms with van der Waals surface area (Å²) in [7, 11) is 0. The minimum Gasteiger partial charge on any atom is -0.368 e. The maximum Gasteiger partial charge on any atom is 0.234 e. The lowest BCUT2D eigenvalue weighted by Gasteiger charge is -2.39. The molecule has 1 aliphatic rings. The summed E-state index contributed by atoms with van der Waals surface area (Å²) in [5, 5.41) is 0. The third kappa shape index (κ3) is 3.30. The molecule has 4 nitrogen and oxygen atoms in total. The average molecular weight is 226 g/mol. The smallest absolute Gasteiger partial charge is 0.234 e. The highest BCUT2D eigenvalue weighted by atomic mass is 16.1. The van der Waals surface area contributed by atoms with Gasteiger partial charge in [0.05, 0.1) is 6.04 Å². The molecule has 92 valence electrons. The van der Waals surface area contributed by atoms with Crippen molar-refractivity contribution in [3.05, 3.63) is 0 Å². The second-order valence-corrected chi connectivity index (χ2v) is 4.62. The van der Waals surface area contributed by atoms with E-state index in [1.807, 2.05) is 6.92 Å². The fraction of sp³-hybridized carbons (Fsp3) is 0.833. The Morgan fingerprint density at radius 1 is 1.44 bits per heavy atom. The summed E-state index contributed by atoms with van der Waals surface area (Å²) >= 11 is 0. The van der Waals surface area contributed by atoms with Crippen molar-refractivity contribution in [3.8, 4) is 0 Å². The van der Waals surface area contributed by atoms with Crippen molar-refractivity contribution in [2.75, 3.05) is 6.54 Å². The number of amides is 1. The molecule has 4 heteroatoms. The molecule has 0 aliphatic carbocycles. The van der Waals surface area contributed by atoms with Crippen LogP contribution in [-0.4, -0.2) is 35.2 Å². The number of rotatable bonds is 5. The van der Waals surface area contributed by atoms with Crippen LogP contribution in [0, 0.1) is 0 Å². The van der Waals surface area contributed by atoms with Gasteiger partial charge in [-0.2, -0.15) is 0 Å². The van der Waals surface area contributed by atoms with Gasteiger partial charge in [-0.3, -0.25) is 14.5 Å². The molecule has 1 heterocycles. The average Bonchev–Trinajstić information content (AvgIpc) is 2.20. The van der Waals surface area contributed by atoms with Gasteiger partial charge in [0.1, 0.15) is 5.78 Å². The van der Waals surface area contributed by atoms with Gasteiger partial charge in [-0.25, -0.2) is 0 Å². The maximum absolute atomic E-state index is 11.4. The third-order valence-corrected chi connectivity index (χ3v) is 3.31. The third-order valence-electron chi connectivity index (χ3n) is 3.31. The molecule has 0 aromatic carbocycles. The predicted molar refractivity (Wildman–Crippen MR) is 62.9 cm³/mol. The number of likely N-dealkylation sites (tertiary alicyclic amines) is 1. The van der Waals surface area contributed by atoms with Crippen molar-refractivity contribution in [1.29, 1.82) is 0 Å². The predicted octanol–water partition coefficient (Wildman–Crippen LogP) is 1.08. The highest BCUT2D eigenvalue weighted by molar-refractivity contribution is 5.80. The lowest BCUT2D eigenvalue weighted by Crippen LogP contribution is -2.52. The zero-order valence-electron chi connectivity index (χ0n) is 10.2. The quantitative estimate of drug-likeness (QED) is 0.763. The Balaban J connectivity index is 2.71. The summed E-state index contributed by atoms with van der Waals surface area (Å²) in [5.74, 6) is -0.0748. The van der Waals surface area contributed by atoms with Gasteiger partial charge in [0, 0.05) is 12.5 Å². The number of hydrogen-bond donors (Lipinski definition) is 1. The van der Waals surface area contributed by atoms with Crippen LogP contribution >= 0.6 is 0 Å². The molecule has 0 bridgehead atoms. The van der Waals surface area contributed by atoms with Crippen LogP contribution in [0.25, 0.3) is 0 Å². The van der Waals surface area contributed by atoms with E-state index in [4.69, 9.17) is 5.73 Å². The van der Waals surface area contributed by atoms with Crippen molar-refractivity contribution in [1.82, 2.24) is 4.90 Å². The first-order valence-corrected chi connectivity index (χ1v) is 6.10. The Morgan fingerprint density at radius 2 is 2.12 bits per heavy atom. The van der Waals surface area contributed by atoms with E-state index in [1.165, 1.54) is 0 Å². The van der Waals surface area contributed by atoms with Gasteiger partial charge in [-0.15, -0.1) is 0 Å². The first-order valence-electron chi connectivity index (χ1n) is 6.10. The summed E-state index contributed by atoms with van der Waals surface area (Å²) in [6, 6.07) is 0.00773. The molecule has 1 fully saturated rings. The molecule has 0 radical (unpaired) electrons. The SMILES string of the molecule is CCC(C(N)=O)N1CCCCC1CC(C)=O. The monoisotopic (exact) mass is 226 g/mol. The van der Waals surface area contributed by atoms with Crippen LogP contribution in [0.2, 0.25) is 0 Å². The van der Waals surface area contributed by atoms with Crippen molar-refractivity contribution < 1.29 is 9.59 Å². The second kappa shape index (κ2) is 5.99. The molecule has 0 aromatic heterocycles. The summed E-state index contributed by atoms with van der Waals surface area (Å²) in [6.07, 6.45) is 4.51. The van der Waals surface area contributed by atoms with E-state index in [0.717, 1.165) is 32.2 Å². The number of carbonyl (C=O) groups is 2. The Bertz CT molecular complexity index is 266.